The number of rotatable bonds is 3. The van der Waals surface area contributed by atoms with Gasteiger partial charge in [0.25, 0.3) is 0 Å². The molecule has 0 spiro atoms. The number of halogens is 2. The van der Waals surface area contributed by atoms with Crippen molar-refractivity contribution < 1.29 is 18.7 Å². The Balaban J connectivity index is 2.51. The van der Waals surface area contributed by atoms with Gasteiger partial charge in [0.2, 0.25) is 0 Å². The minimum atomic E-state index is -1.18. The average molecular weight is 296 g/mol. The van der Waals surface area contributed by atoms with Gasteiger partial charge in [-0.05, 0) is 37.6 Å². The molecule has 0 aliphatic heterocycles. The maximum atomic E-state index is 13.6. The second-order valence-electron chi connectivity index (χ2n) is 4.07. The van der Waals surface area contributed by atoms with E-state index >= 15 is 0 Å². The standard InChI is InChI=1S/C13H10F2N2O2S/c1-6-7(2)16-17-12(11(6)13(18)19)20-10-5-8(14)3-4-9(10)15/h3-5H,1-2H3,(H,18,19). The van der Waals surface area contributed by atoms with E-state index < -0.39 is 17.6 Å². The number of carboxylic acids is 1. The van der Waals surface area contributed by atoms with Crippen molar-refractivity contribution in [3.63, 3.8) is 0 Å². The first-order valence-corrected chi connectivity index (χ1v) is 6.42. The Bertz CT molecular complexity index is 692. The van der Waals surface area contributed by atoms with E-state index in [1.54, 1.807) is 13.8 Å². The van der Waals surface area contributed by atoms with E-state index in [9.17, 15) is 18.7 Å². The third-order valence-electron chi connectivity index (χ3n) is 2.74. The summed E-state index contributed by atoms with van der Waals surface area (Å²) < 4.78 is 26.7. The lowest BCUT2D eigenvalue weighted by Crippen LogP contribution is -2.08. The molecule has 0 unspecified atom stereocenters. The summed E-state index contributed by atoms with van der Waals surface area (Å²) in [6.07, 6.45) is 0. The fraction of sp³-hybridized carbons (Fsp3) is 0.154. The molecule has 20 heavy (non-hydrogen) atoms. The van der Waals surface area contributed by atoms with Crippen molar-refractivity contribution in [1.82, 2.24) is 10.2 Å². The molecule has 104 valence electrons. The highest BCUT2D eigenvalue weighted by Gasteiger charge is 2.19. The number of carbonyl (C=O) groups is 1. The van der Waals surface area contributed by atoms with Crippen molar-refractivity contribution in [2.75, 3.05) is 0 Å². The first-order chi connectivity index (χ1) is 9.40. The number of aromatic nitrogens is 2. The maximum Gasteiger partial charge on any atom is 0.338 e. The van der Waals surface area contributed by atoms with Gasteiger partial charge in [0.15, 0.2) is 0 Å². The second kappa shape index (κ2) is 5.54. The molecule has 0 aliphatic carbocycles. The van der Waals surface area contributed by atoms with Crippen molar-refractivity contribution in [3.8, 4) is 0 Å². The Kier molecular flexibility index (Phi) is 3.99. The van der Waals surface area contributed by atoms with Crippen LogP contribution in [0, 0.1) is 25.5 Å². The van der Waals surface area contributed by atoms with Crippen LogP contribution in [0.3, 0.4) is 0 Å². The Morgan fingerprint density at radius 3 is 2.60 bits per heavy atom. The summed E-state index contributed by atoms with van der Waals surface area (Å²) in [7, 11) is 0. The molecule has 1 aromatic carbocycles. The summed E-state index contributed by atoms with van der Waals surface area (Å²) >= 11 is 0.737. The normalized spacial score (nSPS) is 10.6. The molecule has 1 aromatic heterocycles. The fourth-order valence-corrected chi connectivity index (χ4v) is 2.54. The van der Waals surface area contributed by atoms with Gasteiger partial charge in [-0.3, -0.25) is 0 Å². The van der Waals surface area contributed by atoms with Gasteiger partial charge < -0.3 is 5.11 Å². The van der Waals surface area contributed by atoms with Crippen molar-refractivity contribution in [2.45, 2.75) is 23.8 Å². The van der Waals surface area contributed by atoms with Gasteiger partial charge in [-0.25, -0.2) is 13.6 Å². The van der Waals surface area contributed by atoms with Crippen molar-refractivity contribution in [1.29, 1.82) is 0 Å². The van der Waals surface area contributed by atoms with Crippen LogP contribution < -0.4 is 0 Å². The van der Waals surface area contributed by atoms with Crippen LogP contribution in [0.2, 0.25) is 0 Å². The van der Waals surface area contributed by atoms with Crippen LogP contribution in [0.4, 0.5) is 8.78 Å². The van der Waals surface area contributed by atoms with Gasteiger partial charge >= 0.3 is 5.97 Å². The third-order valence-corrected chi connectivity index (χ3v) is 3.75. The van der Waals surface area contributed by atoms with Gasteiger partial charge in [-0.2, -0.15) is 5.10 Å². The van der Waals surface area contributed by atoms with E-state index in [4.69, 9.17) is 0 Å². The highest BCUT2D eigenvalue weighted by atomic mass is 32.2. The average Bonchev–Trinajstić information content (AvgIpc) is 2.38. The molecule has 0 atom stereocenters. The number of nitrogens with zero attached hydrogens (tertiary/aromatic N) is 2. The lowest BCUT2D eigenvalue weighted by molar-refractivity contribution is 0.0690. The summed E-state index contributed by atoms with van der Waals surface area (Å²) in [5.41, 5.74) is 0.879. The Labute approximate surface area is 117 Å². The Hall–Kier alpha value is -2.02. The van der Waals surface area contributed by atoms with Crippen molar-refractivity contribution >= 4 is 17.7 Å². The molecular formula is C13H10F2N2O2S. The number of carboxylic acid groups (broad SMARTS) is 1. The molecular weight excluding hydrogens is 286 g/mol. The van der Waals surface area contributed by atoms with E-state index in [2.05, 4.69) is 10.2 Å². The lowest BCUT2D eigenvalue weighted by atomic mass is 10.1. The Morgan fingerprint density at radius 1 is 1.25 bits per heavy atom. The second-order valence-corrected chi connectivity index (χ2v) is 5.10. The molecule has 0 bridgehead atoms. The smallest absolute Gasteiger partial charge is 0.338 e. The minimum absolute atomic E-state index is 0.0325. The molecule has 4 nitrogen and oxygen atoms in total. The van der Waals surface area contributed by atoms with Crippen LogP contribution in [0.5, 0.6) is 0 Å². The Morgan fingerprint density at radius 2 is 1.95 bits per heavy atom. The first kappa shape index (κ1) is 14.4. The lowest BCUT2D eigenvalue weighted by Gasteiger charge is -2.09. The maximum absolute atomic E-state index is 13.6. The van der Waals surface area contributed by atoms with Gasteiger partial charge in [0, 0.05) is 0 Å². The zero-order chi connectivity index (χ0) is 14.9. The summed E-state index contributed by atoms with van der Waals surface area (Å²) in [6.45, 7) is 3.23. The fourth-order valence-electron chi connectivity index (χ4n) is 1.57. The molecule has 2 rings (SSSR count). The van der Waals surface area contributed by atoms with Gasteiger partial charge in [0.1, 0.15) is 16.7 Å². The number of hydrogen-bond donors (Lipinski definition) is 1. The van der Waals surface area contributed by atoms with E-state index in [1.165, 1.54) is 0 Å². The molecule has 7 heteroatoms. The molecule has 0 saturated heterocycles. The predicted octanol–water partition coefficient (Wildman–Crippen LogP) is 3.22. The quantitative estimate of drug-likeness (QED) is 0.942. The van der Waals surface area contributed by atoms with Crippen molar-refractivity contribution in [3.05, 3.63) is 46.7 Å². The summed E-state index contributed by atoms with van der Waals surface area (Å²) in [5.74, 6) is -2.44. The van der Waals surface area contributed by atoms with Gasteiger partial charge in [0.05, 0.1) is 16.2 Å². The zero-order valence-electron chi connectivity index (χ0n) is 10.6. The highest BCUT2D eigenvalue weighted by molar-refractivity contribution is 7.99. The molecule has 1 N–H and O–H groups in total. The monoisotopic (exact) mass is 296 g/mol. The van der Waals surface area contributed by atoms with Gasteiger partial charge in [-0.1, -0.05) is 11.8 Å². The van der Waals surface area contributed by atoms with Crippen LogP contribution in [-0.2, 0) is 0 Å². The highest BCUT2D eigenvalue weighted by Crippen LogP contribution is 2.32. The first-order valence-electron chi connectivity index (χ1n) is 5.60. The number of hydrogen-bond acceptors (Lipinski definition) is 4. The van der Waals surface area contributed by atoms with E-state index in [1.807, 2.05) is 0 Å². The molecule has 0 fully saturated rings. The largest absolute Gasteiger partial charge is 0.478 e. The van der Waals surface area contributed by atoms with Gasteiger partial charge in [-0.15, -0.1) is 5.10 Å². The molecule has 0 radical (unpaired) electrons. The molecule has 0 amide bonds. The topological polar surface area (TPSA) is 63.1 Å². The van der Waals surface area contributed by atoms with Crippen molar-refractivity contribution in [2.24, 2.45) is 0 Å². The van der Waals surface area contributed by atoms with E-state index in [0.29, 0.717) is 11.3 Å². The number of benzene rings is 1. The van der Waals surface area contributed by atoms with Crippen LogP contribution in [0.25, 0.3) is 0 Å². The van der Waals surface area contributed by atoms with E-state index in [-0.39, 0.29) is 15.5 Å². The van der Waals surface area contributed by atoms with E-state index in [0.717, 1.165) is 30.0 Å². The molecule has 1 heterocycles. The van der Waals surface area contributed by atoms with Crippen LogP contribution in [-0.4, -0.2) is 21.3 Å². The van der Waals surface area contributed by atoms with Crippen LogP contribution in [0.15, 0.2) is 28.1 Å². The predicted molar refractivity (Wildman–Crippen MR) is 68.9 cm³/mol. The summed E-state index contributed by atoms with van der Waals surface area (Å²) in [5, 5.41) is 16.8. The van der Waals surface area contributed by atoms with Crippen LogP contribution >= 0.6 is 11.8 Å². The molecule has 0 aliphatic rings. The number of aryl methyl sites for hydroxylation is 1. The summed E-state index contributed by atoms with van der Waals surface area (Å²) in [6, 6.07) is 2.96. The number of aromatic carboxylic acids is 1. The molecule has 2 aromatic rings. The third kappa shape index (κ3) is 2.77. The zero-order valence-corrected chi connectivity index (χ0v) is 11.5. The van der Waals surface area contributed by atoms with Crippen LogP contribution in [0.1, 0.15) is 21.6 Å². The minimum Gasteiger partial charge on any atom is -0.478 e. The summed E-state index contributed by atoms with van der Waals surface area (Å²) in [4.78, 5) is 11.3. The SMILES string of the molecule is Cc1nnc(Sc2cc(F)ccc2F)c(C(=O)O)c1C. The molecule has 0 saturated carbocycles.